The van der Waals surface area contributed by atoms with Crippen molar-refractivity contribution in [3.05, 3.63) is 23.8 Å². The summed E-state index contributed by atoms with van der Waals surface area (Å²) in [6, 6.07) is 4.63. The maximum absolute atomic E-state index is 11.7. The summed E-state index contributed by atoms with van der Waals surface area (Å²) in [6.07, 6.45) is 4.72. The number of carboxylic acid groups (broad SMARTS) is 1. The predicted octanol–water partition coefficient (Wildman–Crippen LogP) is 2.53. The van der Waals surface area contributed by atoms with Gasteiger partial charge in [-0.25, -0.2) is 13.2 Å². The van der Waals surface area contributed by atoms with Gasteiger partial charge in [-0.05, 0) is 56.2 Å². The van der Waals surface area contributed by atoms with Crippen LogP contribution in [0.3, 0.4) is 0 Å². The fourth-order valence-corrected chi connectivity index (χ4v) is 3.82. The largest absolute Gasteiger partial charge is 0.478 e. The Morgan fingerprint density at radius 1 is 1.26 bits per heavy atom. The van der Waals surface area contributed by atoms with Crippen molar-refractivity contribution < 1.29 is 18.3 Å². The van der Waals surface area contributed by atoms with Crippen LogP contribution in [0.2, 0.25) is 0 Å². The van der Waals surface area contributed by atoms with Gasteiger partial charge in [0.15, 0.2) is 0 Å². The van der Waals surface area contributed by atoms with Crippen LogP contribution in [0.4, 0.5) is 11.4 Å². The summed E-state index contributed by atoms with van der Waals surface area (Å²) in [5.74, 6) is -1.01. The number of nitrogens with zero attached hydrogens (tertiary/aromatic N) is 1. The summed E-state index contributed by atoms with van der Waals surface area (Å²) >= 11 is 0. The number of carboxylic acids is 1. The van der Waals surface area contributed by atoms with E-state index in [1.54, 1.807) is 13.0 Å². The first-order valence-electron chi connectivity index (χ1n) is 7.97. The summed E-state index contributed by atoms with van der Waals surface area (Å²) in [5.41, 5.74) is 1.74. The second-order valence-corrected chi connectivity index (χ2v) is 8.54. The van der Waals surface area contributed by atoms with Crippen molar-refractivity contribution in [2.24, 2.45) is 5.41 Å². The van der Waals surface area contributed by atoms with Crippen molar-refractivity contribution in [3.63, 3.8) is 0 Å². The molecule has 0 amide bonds. The molecule has 1 aliphatic heterocycles. The number of nitrogens with one attached hydrogen (secondary N) is 1. The molecule has 1 aromatic carbocycles. The first-order valence-corrected chi connectivity index (χ1v) is 9.62. The Balaban J connectivity index is 1.87. The van der Waals surface area contributed by atoms with Gasteiger partial charge in [-0.1, -0.05) is 0 Å². The molecule has 1 aliphatic carbocycles. The normalized spacial score (nSPS) is 19.6. The van der Waals surface area contributed by atoms with Crippen LogP contribution < -0.4 is 9.62 Å². The lowest BCUT2D eigenvalue weighted by atomic mass is 9.93. The Labute approximate surface area is 136 Å². The minimum atomic E-state index is -3.38. The molecule has 1 spiro atoms. The third-order valence-corrected chi connectivity index (χ3v) is 6.31. The zero-order chi connectivity index (χ0) is 16.7. The highest BCUT2D eigenvalue weighted by Crippen LogP contribution is 2.54. The van der Waals surface area contributed by atoms with E-state index in [0.29, 0.717) is 16.8 Å². The van der Waals surface area contributed by atoms with Crippen LogP contribution in [0.1, 0.15) is 43.0 Å². The molecule has 0 radical (unpaired) electrons. The molecule has 2 fully saturated rings. The Morgan fingerprint density at radius 3 is 2.43 bits per heavy atom. The molecule has 1 saturated carbocycles. The minimum Gasteiger partial charge on any atom is -0.478 e. The smallest absolute Gasteiger partial charge is 0.337 e. The number of benzene rings is 1. The standard InChI is InChI=1S/C16H22N2O4S/c1-2-23(21,22)17-12-3-4-13(15(19)20)14(11-12)18-9-7-16(5-6-16)8-10-18/h3-4,11,17H,2,5-10H2,1H3,(H,19,20). The van der Waals surface area contributed by atoms with Gasteiger partial charge in [0.1, 0.15) is 0 Å². The highest BCUT2D eigenvalue weighted by Gasteiger charge is 2.44. The van der Waals surface area contributed by atoms with Gasteiger partial charge in [0.2, 0.25) is 10.0 Å². The van der Waals surface area contributed by atoms with Crippen LogP contribution in [0, 0.1) is 5.41 Å². The van der Waals surface area contributed by atoms with Crippen molar-refractivity contribution in [3.8, 4) is 0 Å². The van der Waals surface area contributed by atoms with Gasteiger partial charge in [-0.2, -0.15) is 0 Å². The molecule has 2 N–H and O–H groups in total. The molecule has 6 nitrogen and oxygen atoms in total. The van der Waals surface area contributed by atoms with Gasteiger partial charge >= 0.3 is 5.97 Å². The molecular weight excluding hydrogens is 316 g/mol. The van der Waals surface area contributed by atoms with Crippen molar-refractivity contribution in [1.82, 2.24) is 0 Å². The molecule has 1 heterocycles. The van der Waals surface area contributed by atoms with Gasteiger partial charge < -0.3 is 10.0 Å². The fourth-order valence-electron chi connectivity index (χ4n) is 3.19. The van der Waals surface area contributed by atoms with E-state index in [9.17, 15) is 18.3 Å². The number of piperidine rings is 1. The lowest BCUT2D eigenvalue weighted by molar-refractivity contribution is 0.0697. The van der Waals surface area contributed by atoms with E-state index in [4.69, 9.17) is 0 Å². The van der Waals surface area contributed by atoms with E-state index < -0.39 is 16.0 Å². The van der Waals surface area contributed by atoms with E-state index in [1.807, 2.05) is 0 Å². The van der Waals surface area contributed by atoms with Crippen molar-refractivity contribution in [2.45, 2.75) is 32.6 Å². The van der Waals surface area contributed by atoms with E-state index in [-0.39, 0.29) is 11.3 Å². The maximum atomic E-state index is 11.7. The van der Waals surface area contributed by atoms with Crippen LogP contribution in [-0.2, 0) is 10.0 Å². The quantitative estimate of drug-likeness (QED) is 0.861. The summed E-state index contributed by atoms with van der Waals surface area (Å²) in [6.45, 7) is 3.21. The summed E-state index contributed by atoms with van der Waals surface area (Å²) in [4.78, 5) is 13.6. The topological polar surface area (TPSA) is 86.7 Å². The zero-order valence-corrected chi connectivity index (χ0v) is 14.0. The number of sulfonamides is 1. The monoisotopic (exact) mass is 338 g/mol. The molecule has 0 aromatic heterocycles. The number of aromatic carboxylic acids is 1. The van der Waals surface area contributed by atoms with E-state index in [2.05, 4.69) is 9.62 Å². The molecule has 7 heteroatoms. The highest BCUT2D eigenvalue weighted by atomic mass is 32.2. The number of carbonyl (C=O) groups is 1. The average Bonchev–Trinajstić information content (AvgIpc) is 3.26. The molecule has 0 unspecified atom stereocenters. The molecule has 23 heavy (non-hydrogen) atoms. The van der Waals surface area contributed by atoms with Gasteiger partial charge in [-0.15, -0.1) is 0 Å². The molecule has 0 atom stereocenters. The predicted molar refractivity (Wildman–Crippen MR) is 89.6 cm³/mol. The molecule has 1 aromatic rings. The summed E-state index contributed by atoms with van der Waals surface area (Å²) in [5, 5.41) is 9.42. The Kier molecular flexibility index (Phi) is 4.00. The molecule has 0 bridgehead atoms. The zero-order valence-electron chi connectivity index (χ0n) is 13.2. The summed E-state index contributed by atoms with van der Waals surface area (Å²) < 4.78 is 25.9. The first-order chi connectivity index (χ1) is 10.8. The Morgan fingerprint density at radius 2 is 1.91 bits per heavy atom. The maximum Gasteiger partial charge on any atom is 0.337 e. The number of hydrogen-bond donors (Lipinski definition) is 2. The molecular formula is C16H22N2O4S. The van der Waals surface area contributed by atoms with Crippen molar-refractivity contribution in [2.75, 3.05) is 28.5 Å². The molecule has 2 aliphatic rings. The van der Waals surface area contributed by atoms with Crippen LogP contribution in [-0.4, -0.2) is 38.3 Å². The van der Waals surface area contributed by atoms with E-state index >= 15 is 0 Å². The van der Waals surface area contributed by atoms with Crippen molar-refractivity contribution >= 4 is 27.4 Å². The van der Waals surface area contributed by atoms with Crippen LogP contribution in [0.15, 0.2) is 18.2 Å². The van der Waals surface area contributed by atoms with Gasteiger partial charge in [0.25, 0.3) is 0 Å². The third-order valence-electron chi connectivity index (χ3n) is 5.00. The number of anilines is 2. The Hall–Kier alpha value is -1.76. The molecule has 3 rings (SSSR count). The second-order valence-electron chi connectivity index (χ2n) is 6.53. The third kappa shape index (κ3) is 3.44. The van der Waals surface area contributed by atoms with E-state index in [0.717, 1.165) is 25.9 Å². The average molecular weight is 338 g/mol. The van der Waals surface area contributed by atoms with Gasteiger partial charge in [-0.3, -0.25) is 4.72 Å². The minimum absolute atomic E-state index is 0.0186. The number of rotatable bonds is 5. The van der Waals surface area contributed by atoms with Crippen molar-refractivity contribution in [1.29, 1.82) is 0 Å². The first kappa shape index (κ1) is 16.1. The lowest BCUT2D eigenvalue weighted by Gasteiger charge is -2.34. The number of hydrogen-bond acceptors (Lipinski definition) is 4. The second kappa shape index (κ2) is 5.70. The van der Waals surface area contributed by atoms with Crippen LogP contribution in [0.25, 0.3) is 0 Å². The van der Waals surface area contributed by atoms with Gasteiger partial charge in [0.05, 0.1) is 22.7 Å². The molecule has 126 valence electrons. The van der Waals surface area contributed by atoms with Crippen LogP contribution in [0.5, 0.6) is 0 Å². The SMILES string of the molecule is CCS(=O)(=O)Nc1ccc(C(=O)O)c(N2CCC3(CC2)CC3)c1. The molecule has 1 saturated heterocycles. The van der Waals surface area contributed by atoms with E-state index in [1.165, 1.54) is 25.0 Å². The summed E-state index contributed by atoms with van der Waals surface area (Å²) in [7, 11) is -3.38. The highest BCUT2D eigenvalue weighted by molar-refractivity contribution is 7.92. The lowest BCUT2D eigenvalue weighted by Crippen LogP contribution is -2.35. The van der Waals surface area contributed by atoms with Crippen LogP contribution >= 0.6 is 0 Å². The van der Waals surface area contributed by atoms with Gasteiger partial charge in [0, 0.05) is 13.1 Å². The Bertz CT molecular complexity index is 716. The fraction of sp³-hybridized carbons (Fsp3) is 0.562.